The van der Waals surface area contributed by atoms with E-state index in [1.54, 1.807) is 4.72 Å². The van der Waals surface area contributed by atoms with Crippen molar-refractivity contribution in [2.45, 2.75) is 10.9 Å². The van der Waals surface area contributed by atoms with Crippen LogP contribution in [0, 0.1) is 15.9 Å². The molecule has 1 rings (SSSR count). The lowest BCUT2D eigenvalue weighted by Gasteiger charge is -2.12. The molecule has 0 radical (unpaired) electrons. The van der Waals surface area contributed by atoms with Crippen molar-refractivity contribution in [3.05, 3.63) is 34.1 Å². The van der Waals surface area contributed by atoms with Crippen LogP contribution in [0.1, 0.15) is 0 Å². The van der Waals surface area contributed by atoms with E-state index in [2.05, 4.69) is 0 Å². The summed E-state index contributed by atoms with van der Waals surface area (Å²) in [5, 5.41) is 27.8. The first-order valence-corrected chi connectivity index (χ1v) is 6.47. The third-order valence-electron chi connectivity index (χ3n) is 2.20. The molecule has 0 amide bonds. The van der Waals surface area contributed by atoms with Gasteiger partial charge in [0.2, 0.25) is 15.8 Å². The third kappa shape index (κ3) is 3.46. The Kier molecular flexibility index (Phi) is 4.70. The largest absolute Gasteiger partial charge is 0.480 e. The van der Waals surface area contributed by atoms with Gasteiger partial charge < -0.3 is 10.2 Å². The number of carbonyl (C=O) groups is 1. The zero-order chi connectivity index (χ0) is 15.5. The standard InChI is InChI=1S/C9H9FN2O7S/c10-6-2-1-5(3-8(6)12(16)17)20(18,19)11-7(4-13)9(14)15/h1-3,7,11,13H,4H2,(H,14,15)/t7-/m1/s1. The minimum atomic E-state index is -4.45. The van der Waals surface area contributed by atoms with Crippen molar-refractivity contribution in [3.8, 4) is 0 Å². The topological polar surface area (TPSA) is 147 Å². The highest BCUT2D eigenvalue weighted by atomic mass is 32.2. The first-order chi connectivity index (χ1) is 9.19. The van der Waals surface area contributed by atoms with Crippen LogP contribution >= 0.6 is 0 Å². The highest BCUT2D eigenvalue weighted by molar-refractivity contribution is 7.89. The molecule has 9 nitrogen and oxygen atoms in total. The highest BCUT2D eigenvalue weighted by Crippen LogP contribution is 2.21. The summed E-state index contributed by atoms with van der Waals surface area (Å²) in [4.78, 5) is 19.3. The minimum absolute atomic E-state index is 0.452. The summed E-state index contributed by atoms with van der Waals surface area (Å²) in [5.41, 5.74) is -1.07. The summed E-state index contributed by atoms with van der Waals surface area (Å²) >= 11 is 0. The maximum atomic E-state index is 13.1. The number of carboxylic acid groups (broad SMARTS) is 1. The predicted octanol–water partition coefficient (Wildman–Crippen LogP) is -0.542. The van der Waals surface area contributed by atoms with E-state index in [1.807, 2.05) is 0 Å². The van der Waals surface area contributed by atoms with E-state index < -0.39 is 50.0 Å². The van der Waals surface area contributed by atoms with Crippen molar-refractivity contribution in [2.24, 2.45) is 0 Å². The Balaban J connectivity index is 3.19. The third-order valence-corrected chi connectivity index (χ3v) is 3.67. The van der Waals surface area contributed by atoms with Crippen LogP contribution in [0.25, 0.3) is 0 Å². The minimum Gasteiger partial charge on any atom is -0.480 e. The van der Waals surface area contributed by atoms with Crippen molar-refractivity contribution in [3.63, 3.8) is 0 Å². The van der Waals surface area contributed by atoms with Gasteiger partial charge in [0.15, 0.2) is 0 Å². The number of sulfonamides is 1. The van der Waals surface area contributed by atoms with Crippen molar-refractivity contribution in [2.75, 3.05) is 6.61 Å². The molecule has 0 aliphatic heterocycles. The first-order valence-electron chi connectivity index (χ1n) is 4.99. The maximum absolute atomic E-state index is 13.1. The smallest absolute Gasteiger partial charge is 0.324 e. The predicted molar refractivity (Wildman–Crippen MR) is 61.9 cm³/mol. The van der Waals surface area contributed by atoms with Crippen LogP contribution < -0.4 is 4.72 Å². The second-order valence-corrected chi connectivity index (χ2v) is 5.28. The van der Waals surface area contributed by atoms with E-state index in [0.29, 0.717) is 12.1 Å². The molecule has 0 aliphatic carbocycles. The van der Waals surface area contributed by atoms with Crippen molar-refractivity contribution in [1.29, 1.82) is 0 Å². The van der Waals surface area contributed by atoms with Gasteiger partial charge in [-0.1, -0.05) is 0 Å². The Morgan fingerprint density at radius 1 is 1.50 bits per heavy atom. The van der Waals surface area contributed by atoms with Crippen LogP contribution in [-0.2, 0) is 14.8 Å². The zero-order valence-corrected chi connectivity index (χ0v) is 10.5. The van der Waals surface area contributed by atoms with Gasteiger partial charge in [-0.25, -0.2) is 8.42 Å². The molecule has 20 heavy (non-hydrogen) atoms. The molecule has 0 aliphatic rings. The molecule has 0 aromatic heterocycles. The number of aliphatic hydroxyl groups is 1. The number of nitro groups is 1. The van der Waals surface area contributed by atoms with Gasteiger partial charge in [-0.3, -0.25) is 14.9 Å². The van der Waals surface area contributed by atoms with E-state index in [-0.39, 0.29) is 0 Å². The van der Waals surface area contributed by atoms with Crippen LogP contribution in [0.5, 0.6) is 0 Å². The Morgan fingerprint density at radius 2 is 2.10 bits per heavy atom. The van der Waals surface area contributed by atoms with Gasteiger partial charge in [0.25, 0.3) is 0 Å². The molecule has 0 spiro atoms. The van der Waals surface area contributed by atoms with Gasteiger partial charge in [0.1, 0.15) is 6.04 Å². The summed E-state index contributed by atoms with van der Waals surface area (Å²) in [7, 11) is -4.45. The van der Waals surface area contributed by atoms with Gasteiger partial charge in [-0.05, 0) is 12.1 Å². The summed E-state index contributed by atoms with van der Waals surface area (Å²) < 4.78 is 38.2. The van der Waals surface area contributed by atoms with Crippen molar-refractivity contribution in [1.82, 2.24) is 4.72 Å². The average molecular weight is 308 g/mol. The zero-order valence-electron chi connectivity index (χ0n) is 9.69. The fourth-order valence-electron chi connectivity index (χ4n) is 1.22. The van der Waals surface area contributed by atoms with Gasteiger partial charge in [0, 0.05) is 6.07 Å². The fraction of sp³-hybridized carbons (Fsp3) is 0.222. The second kappa shape index (κ2) is 5.90. The molecule has 0 saturated heterocycles. The molecule has 0 saturated carbocycles. The Hall–Kier alpha value is -2.11. The maximum Gasteiger partial charge on any atom is 0.324 e. The van der Waals surface area contributed by atoms with E-state index in [1.165, 1.54) is 0 Å². The van der Waals surface area contributed by atoms with E-state index >= 15 is 0 Å². The molecular formula is C9H9FN2O7S. The van der Waals surface area contributed by atoms with Gasteiger partial charge >= 0.3 is 11.7 Å². The Labute approximate surface area is 111 Å². The number of halogens is 1. The Morgan fingerprint density at radius 3 is 2.55 bits per heavy atom. The average Bonchev–Trinajstić information content (AvgIpc) is 2.35. The van der Waals surface area contributed by atoms with Crippen LogP contribution in [0.15, 0.2) is 23.1 Å². The normalized spacial score (nSPS) is 12.9. The van der Waals surface area contributed by atoms with Crippen LogP contribution in [0.3, 0.4) is 0 Å². The van der Waals surface area contributed by atoms with E-state index in [4.69, 9.17) is 10.2 Å². The number of hydrogen-bond donors (Lipinski definition) is 3. The lowest BCUT2D eigenvalue weighted by atomic mass is 10.3. The molecule has 110 valence electrons. The summed E-state index contributed by atoms with van der Waals surface area (Å²) in [5.74, 6) is -2.86. The van der Waals surface area contributed by atoms with Gasteiger partial charge in [-0.2, -0.15) is 9.11 Å². The van der Waals surface area contributed by atoms with Crippen LogP contribution in [0.2, 0.25) is 0 Å². The molecule has 1 aromatic rings. The lowest BCUT2D eigenvalue weighted by molar-refractivity contribution is -0.387. The van der Waals surface area contributed by atoms with E-state index in [0.717, 1.165) is 6.07 Å². The quantitative estimate of drug-likeness (QED) is 0.472. The summed E-state index contributed by atoms with van der Waals surface area (Å²) in [6.45, 7) is -1.02. The molecule has 0 fully saturated rings. The summed E-state index contributed by atoms with van der Waals surface area (Å²) in [6.07, 6.45) is 0. The molecule has 11 heteroatoms. The number of nitro benzene ring substituents is 1. The van der Waals surface area contributed by atoms with Crippen molar-refractivity contribution < 1.29 is 32.7 Å². The SMILES string of the molecule is O=C(O)[C@@H](CO)NS(=O)(=O)c1ccc(F)c([N+](=O)[O-])c1. The molecule has 0 bridgehead atoms. The molecule has 1 aromatic carbocycles. The first kappa shape index (κ1) is 15.9. The number of aliphatic carboxylic acids is 1. The molecular weight excluding hydrogens is 299 g/mol. The summed E-state index contributed by atoms with van der Waals surface area (Å²) in [6, 6.07) is -0.0554. The van der Waals surface area contributed by atoms with Gasteiger partial charge in [-0.15, -0.1) is 0 Å². The number of benzene rings is 1. The van der Waals surface area contributed by atoms with Gasteiger partial charge in [0.05, 0.1) is 16.4 Å². The van der Waals surface area contributed by atoms with Crippen LogP contribution in [-0.4, -0.2) is 42.2 Å². The molecule has 3 N–H and O–H groups in total. The monoisotopic (exact) mass is 308 g/mol. The number of carboxylic acids is 1. The number of rotatable bonds is 6. The molecule has 0 heterocycles. The number of hydrogen-bond acceptors (Lipinski definition) is 6. The molecule has 1 atom stereocenters. The number of nitrogens with one attached hydrogen (secondary N) is 1. The Bertz CT molecular complexity index is 646. The highest BCUT2D eigenvalue weighted by Gasteiger charge is 2.27. The second-order valence-electron chi connectivity index (χ2n) is 3.57. The lowest BCUT2D eigenvalue weighted by Crippen LogP contribution is -2.43. The fourth-order valence-corrected chi connectivity index (χ4v) is 2.42. The molecule has 0 unspecified atom stereocenters. The van der Waals surface area contributed by atoms with E-state index in [9.17, 15) is 27.7 Å². The van der Waals surface area contributed by atoms with Crippen LogP contribution in [0.4, 0.5) is 10.1 Å². The number of aliphatic hydroxyl groups excluding tert-OH is 1. The van der Waals surface area contributed by atoms with Crippen molar-refractivity contribution >= 4 is 21.7 Å². The number of nitrogens with zero attached hydrogens (tertiary/aromatic N) is 1.